The van der Waals surface area contributed by atoms with E-state index in [-0.39, 0.29) is 29.7 Å². The van der Waals surface area contributed by atoms with Gasteiger partial charge in [0.25, 0.3) is 5.24 Å². The maximum atomic E-state index is 12.3. The van der Waals surface area contributed by atoms with Gasteiger partial charge in [-0.2, -0.15) is 0 Å². The zero-order valence-corrected chi connectivity index (χ0v) is 16.0. The van der Waals surface area contributed by atoms with Crippen molar-refractivity contribution in [2.75, 3.05) is 5.75 Å². The van der Waals surface area contributed by atoms with Gasteiger partial charge < -0.3 is 20.5 Å². The molecule has 144 valence electrons. The molecule has 0 unspecified atom stereocenters. The molecule has 26 heavy (non-hydrogen) atoms. The maximum Gasteiger partial charge on any atom is 0.279 e. The van der Waals surface area contributed by atoms with Crippen molar-refractivity contribution in [1.82, 2.24) is 10.6 Å². The molecule has 0 aromatic heterocycles. The second-order valence-electron chi connectivity index (χ2n) is 7.46. The van der Waals surface area contributed by atoms with Gasteiger partial charge in [0.05, 0.1) is 12.1 Å². The Hall–Kier alpha value is -1.31. The van der Waals surface area contributed by atoms with Crippen molar-refractivity contribution in [3.05, 3.63) is 23.8 Å². The maximum absolute atomic E-state index is 12.3. The summed E-state index contributed by atoms with van der Waals surface area (Å²) < 4.78 is 6.03. The van der Waals surface area contributed by atoms with Gasteiger partial charge in [-0.1, -0.05) is 29.5 Å². The van der Waals surface area contributed by atoms with Crippen LogP contribution in [0.3, 0.4) is 0 Å². The molecule has 2 amide bonds. The average Bonchev–Trinajstić information content (AvgIpc) is 3.00. The summed E-state index contributed by atoms with van der Waals surface area (Å²) in [5.74, 6) is -1.09. The second kappa shape index (κ2) is 8.59. The van der Waals surface area contributed by atoms with Crippen LogP contribution in [-0.2, 0) is 9.53 Å². The van der Waals surface area contributed by atoms with E-state index in [4.69, 9.17) is 4.74 Å². The third kappa shape index (κ3) is 5.11. The molecule has 4 atom stereocenters. The molecule has 7 heteroatoms. The Morgan fingerprint density at radius 2 is 2.08 bits per heavy atom. The van der Waals surface area contributed by atoms with Gasteiger partial charge in [0.2, 0.25) is 5.91 Å². The van der Waals surface area contributed by atoms with Gasteiger partial charge in [-0.15, -0.1) is 0 Å². The monoisotopic (exact) mass is 380 g/mol. The molecular formula is C19H28N2O4S. The number of rotatable bonds is 1. The van der Waals surface area contributed by atoms with E-state index in [1.807, 2.05) is 6.92 Å². The van der Waals surface area contributed by atoms with Crippen molar-refractivity contribution in [2.24, 2.45) is 0 Å². The first-order valence-electron chi connectivity index (χ1n) is 9.41. The highest BCUT2D eigenvalue weighted by atomic mass is 32.2. The van der Waals surface area contributed by atoms with Crippen LogP contribution in [0.2, 0.25) is 0 Å². The molecule has 2 saturated heterocycles. The summed E-state index contributed by atoms with van der Waals surface area (Å²) in [6.07, 6.45) is 11.4. The lowest BCUT2D eigenvalue weighted by atomic mass is 9.89. The molecular weight excluding hydrogens is 352 g/mol. The summed E-state index contributed by atoms with van der Waals surface area (Å²) >= 11 is 1.16. The number of ether oxygens (including phenoxy) is 1. The molecule has 3 aliphatic heterocycles. The van der Waals surface area contributed by atoms with Crippen LogP contribution < -0.4 is 10.6 Å². The fourth-order valence-electron chi connectivity index (χ4n) is 3.83. The van der Waals surface area contributed by atoms with Crippen molar-refractivity contribution < 1.29 is 19.4 Å². The summed E-state index contributed by atoms with van der Waals surface area (Å²) in [5.41, 5.74) is 1.04. The molecule has 3 aliphatic rings. The molecule has 0 saturated carbocycles. The smallest absolute Gasteiger partial charge is 0.279 e. The number of allylic oxidation sites excluding steroid dienone is 3. The number of nitrogens with one attached hydrogen (secondary N) is 2. The Morgan fingerprint density at radius 1 is 1.27 bits per heavy atom. The first-order chi connectivity index (χ1) is 12.4. The Bertz CT molecular complexity index is 606. The number of fused-ring (bicyclic) bond motifs is 2. The van der Waals surface area contributed by atoms with Crippen LogP contribution in [0.5, 0.6) is 0 Å². The molecule has 0 radical (unpaired) electrons. The summed E-state index contributed by atoms with van der Waals surface area (Å²) in [4.78, 5) is 23.9. The predicted octanol–water partition coefficient (Wildman–Crippen LogP) is 2.63. The highest BCUT2D eigenvalue weighted by Crippen LogP contribution is 2.35. The van der Waals surface area contributed by atoms with Crippen LogP contribution in [0.1, 0.15) is 51.9 Å². The largest absolute Gasteiger partial charge is 0.364 e. The molecule has 6 nitrogen and oxygen atoms in total. The minimum atomic E-state index is -1.44. The van der Waals surface area contributed by atoms with E-state index in [1.54, 1.807) is 6.08 Å². The van der Waals surface area contributed by atoms with E-state index < -0.39 is 11.8 Å². The molecule has 0 spiro atoms. The number of hydrogen-bond donors (Lipinski definition) is 3. The van der Waals surface area contributed by atoms with Crippen molar-refractivity contribution in [2.45, 2.75) is 75.8 Å². The first kappa shape index (κ1) is 19.5. The van der Waals surface area contributed by atoms with Gasteiger partial charge in [-0.3, -0.25) is 9.59 Å². The molecule has 3 heterocycles. The lowest BCUT2D eigenvalue weighted by Gasteiger charge is -2.44. The molecule has 0 aromatic carbocycles. The minimum Gasteiger partial charge on any atom is -0.364 e. The van der Waals surface area contributed by atoms with Crippen LogP contribution in [0, 0.1) is 0 Å². The highest BCUT2D eigenvalue weighted by Gasteiger charge is 2.48. The summed E-state index contributed by atoms with van der Waals surface area (Å²) in [6, 6.07) is -0.616. The molecule has 0 aliphatic carbocycles. The van der Waals surface area contributed by atoms with Crippen molar-refractivity contribution in [1.29, 1.82) is 0 Å². The van der Waals surface area contributed by atoms with E-state index in [1.165, 1.54) is 0 Å². The average molecular weight is 381 g/mol. The molecule has 0 aromatic rings. The Balaban J connectivity index is 1.76. The Morgan fingerprint density at radius 3 is 2.85 bits per heavy atom. The zero-order valence-electron chi connectivity index (χ0n) is 15.2. The van der Waals surface area contributed by atoms with Crippen LogP contribution >= 0.6 is 11.8 Å². The fourth-order valence-corrected chi connectivity index (χ4v) is 4.71. The lowest BCUT2D eigenvalue weighted by Crippen LogP contribution is -2.60. The quantitative estimate of drug-likeness (QED) is 0.609. The van der Waals surface area contributed by atoms with Crippen LogP contribution in [0.4, 0.5) is 4.79 Å². The molecule has 2 fully saturated rings. The lowest BCUT2D eigenvalue weighted by molar-refractivity contribution is -0.269. The van der Waals surface area contributed by atoms with Crippen molar-refractivity contribution in [3.63, 3.8) is 0 Å². The molecule has 2 bridgehead atoms. The minimum absolute atomic E-state index is 0.124. The van der Waals surface area contributed by atoms with Gasteiger partial charge in [-0.25, -0.2) is 0 Å². The number of amides is 2. The second-order valence-corrected chi connectivity index (χ2v) is 8.45. The zero-order chi connectivity index (χ0) is 18.6. The van der Waals surface area contributed by atoms with Crippen molar-refractivity contribution >= 4 is 22.9 Å². The summed E-state index contributed by atoms with van der Waals surface area (Å²) in [5, 5.41) is 16.8. The van der Waals surface area contributed by atoms with Crippen LogP contribution in [-0.4, -0.2) is 46.0 Å². The van der Waals surface area contributed by atoms with E-state index in [2.05, 4.69) is 22.8 Å². The SMILES string of the molecule is C/C1=C/C(=O)N[C@@H]2C[C@@H](CCC/C=C\CC1)O[C@@](O)([C@@H]1CSC(=O)N1)C2. The number of aliphatic hydroxyl groups is 1. The topological polar surface area (TPSA) is 87.7 Å². The fraction of sp³-hybridized carbons (Fsp3) is 0.684. The normalized spacial score (nSPS) is 39.9. The van der Waals surface area contributed by atoms with Gasteiger partial charge in [0.1, 0.15) is 0 Å². The molecule has 3 rings (SSSR count). The van der Waals surface area contributed by atoms with Crippen LogP contribution in [0.25, 0.3) is 0 Å². The van der Waals surface area contributed by atoms with Gasteiger partial charge in [0.15, 0.2) is 5.79 Å². The van der Waals surface area contributed by atoms with E-state index in [0.29, 0.717) is 12.2 Å². The summed E-state index contributed by atoms with van der Waals surface area (Å²) in [7, 11) is 0. The van der Waals surface area contributed by atoms with E-state index >= 15 is 0 Å². The Labute approximate surface area is 158 Å². The van der Waals surface area contributed by atoms with Gasteiger partial charge in [-0.05, 0) is 45.4 Å². The third-order valence-electron chi connectivity index (χ3n) is 5.17. The number of thioether (sulfide) groups is 1. The Kier molecular flexibility index (Phi) is 6.42. The van der Waals surface area contributed by atoms with Gasteiger partial charge >= 0.3 is 0 Å². The standard InChI is InChI=1S/C19H28N2O4S/c1-13-7-5-3-2-4-6-8-15-10-14(20-17(22)9-13)11-19(24,25-15)16-12-26-18(23)21-16/h2-3,9,14-16,24H,4-8,10-12H2,1H3,(H,20,22)(H,21,23)/b3-2-,13-9-/t14-,15-,16+,19-/m1/s1. The number of carbonyl (C=O) groups is 2. The van der Waals surface area contributed by atoms with E-state index in [9.17, 15) is 14.7 Å². The van der Waals surface area contributed by atoms with Crippen LogP contribution in [0.15, 0.2) is 23.8 Å². The van der Waals surface area contributed by atoms with Crippen molar-refractivity contribution in [3.8, 4) is 0 Å². The third-order valence-corrected chi connectivity index (χ3v) is 6.05. The summed E-state index contributed by atoms with van der Waals surface area (Å²) in [6.45, 7) is 1.97. The first-order valence-corrected chi connectivity index (χ1v) is 10.4. The molecule has 3 N–H and O–H groups in total. The number of carbonyl (C=O) groups excluding carboxylic acids is 2. The predicted molar refractivity (Wildman–Crippen MR) is 102 cm³/mol. The highest BCUT2D eigenvalue weighted by molar-refractivity contribution is 8.14. The van der Waals surface area contributed by atoms with Gasteiger partial charge in [0, 0.05) is 24.3 Å². The number of hydrogen-bond acceptors (Lipinski definition) is 5. The van der Waals surface area contributed by atoms with E-state index in [0.717, 1.165) is 49.4 Å².